The molecule has 2 saturated heterocycles. The van der Waals surface area contributed by atoms with E-state index >= 15 is 0 Å². The third-order valence-electron chi connectivity index (χ3n) is 8.69. The molecule has 2 fully saturated rings. The molecule has 244 valence electrons. The zero-order valence-electron chi connectivity index (χ0n) is 26.4. The molecule has 13 heteroatoms. The fourth-order valence-corrected chi connectivity index (χ4v) is 6.11. The summed E-state index contributed by atoms with van der Waals surface area (Å²) in [6, 6.07) is 15.8. The van der Waals surface area contributed by atoms with Crippen molar-refractivity contribution in [2.24, 2.45) is 0 Å². The Morgan fingerprint density at radius 1 is 1.02 bits per heavy atom. The van der Waals surface area contributed by atoms with Crippen LogP contribution in [0, 0.1) is 0 Å². The number of ether oxygens (including phenoxy) is 2. The largest absolute Gasteiger partial charge is 0.497 e. The quantitative estimate of drug-likeness (QED) is 0.270. The molecular weight excluding hydrogens is 594 g/mol. The zero-order chi connectivity index (χ0) is 32.2. The highest BCUT2D eigenvalue weighted by Crippen LogP contribution is 2.30. The summed E-state index contributed by atoms with van der Waals surface area (Å²) in [5.74, 6) is 1.23. The minimum Gasteiger partial charge on any atom is -0.497 e. The summed E-state index contributed by atoms with van der Waals surface area (Å²) in [5.41, 5.74) is 1.95. The van der Waals surface area contributed by atoms with E-state index in [9.17, 15) is 13.6 Å². The van der Waals surface area contributed by atoms with Crippen LogP contribution in [0.15, 0.2) is 54.6 Å². The van der Waals surface area contributed by atoms with E-state index < -0.39 is 18.3 Å². The van der Waals surface area contributed by atoms with E-state index in [4.69, 9.17) is 14.5 Å². The maximum atomic E-state index is 14.3. The molecule has 0 spiro atoms. The van der Waals surface area contributed by atoms with Gasteiger partial charge in [0.1, 0.15) is 23.4 Å². The molecule has 4 aromatic rings. The molecule has 1 N–H and O–H groups in total. The van der Waals surface area contributed by atoms with Crippen molar-refractivity contribution < 1.29 is 23.0 Å². The maximum Gasteiger partial charge on any atom is 0.296 e. The molecule has 11 nitrogen and oxygen atoms in total. The van der Waals surface area contributed by atoms with Gasteiger partial charge in [-0.05, 0) is 69.7 Å². The van der Waals surface area contributed by atoms with Gasteiger partial charge >= 0.3 is 0 Å². The minimum absolute atomic E-state index is 0.0668. The highest BCUT2D eigenvalue weighted by molar-refractivity contribution is 5.84. The number of carbonyl (C=O) groups is 1. The average molecular weight is 635 g/mol. The van der Waals surface area contributed by atoms with E-state index in [2.05, 4.69) is 27.2 Å². The summed E-state index contributed by atoms with van der Waals surface area (Å²) in [7, 11) is 3.72. The third kappa shape index (κ3) is 6.90. The van der Waals surface area contributed by atoms with Gasteiger partial charge < -0.3 is 29.5 Å². The first-order chi connectivity index (χ1) is 22.3. The Morgan fingerprint density at radius 3 is 2.41 bits per heavy atom. The Kier molecular flexibility index (Phi) is 9.59. The molecule has 0 bridgehead atoms. The van der Waals surface area contributed by atoms with Crippen molar-refractivity contribution in [1.29, 1.82) is 0 Å². The number of fused-ring (bicyclic) bond motifs is 1. The van der Waals surface area contributed by atoms with Gasteiger partial charge in [0, 0.05) is 31.7 Å². The van der Waals surface area contributed by atoms with E-state index in [1.54, 1.807) is 44.4 Å². The highest BCUT2D eigenvalue weighted by Gasteiger charge is 2.31. The van der Waals surface area contributed by atoms with Gasteiger partial charge in [-0.25, -0.2) is 13.8 Å². The smallest absolute Gasteiger partial charge is 0.296 e. The summed E-state index contributed by atoms with van der Waals surface area (Å²) >= 11 is 0. The fourth-order valence-electron chi connectivity index (χ4n) is 6.11. The molecule has 1 atom stereocenters. The molecule has 0 unspecified atom stereocenters. The fraction of sp³-hybridized carbons (Fsp3) is 0.455. The Morgan fingerprint density at radius 2 is 1.72 bits per heavy atom. The summed E-state index contributed by atoms with van der Waals surface area (Å²) in [4.78, 5) is 34.1. The first-order valence-corrected chi connectivity index (χ1v) is 15.7. The number of para-hydroxylation sites is 2. The topological polar surface area (TPSA) is 101 Å². The summed E-state index contributed by atoms with van der Waals surface area (Å²) in [5, 5.41) is 3.23. The van der Waals surface area contributed by atoms with Gasteiger partial charge in [0.2, 0.25) is 11.9 Å². The van der Waals surface area contributed by atoms with Crippen molar-refractivity contribution in [3.05, 3.63) is 66.0 Å². The van der Waals surface area contributed by atoms with Gasteiger partial charge in [0.25, 0.3) is 6.43 Å². The van der Waals surface area contributed by atoms with Crippen molar-refractivity contribution in [3.63, 3.8) is 0 Å². The lowest BCUT2D eigenvalue weighted by Crippen LogP contribution is -2.50. The number of benzene rings is 2. The van der Waals surface area contributed by atoms with Crippen molar-refractivity contribution in [1.82, 2.24) is 29.3 Å². The maximum absolute atomic E-state index is 14.3. The highest BCUT2D eigenvalue weighted by atomic mass is 19.3. The van der Waals surface area contributed by atoms with Crippen LogP contribution >= 0.6 is 0 Å². The van der Waals surface area contributed by atoms with E-state index in [-0.39, 0.29) is 23.7 Å². The number of anilines is 2. The Labute approximate surface area is 267 Å². The first-order valence-electron chi connectivity index (χ1n) is 15.7. The second-order valence-corrected chi connectivity index (χ2v) is 11.8. The monoisotopic (exact) mass is 634 g/mol. The van der Waals surface area contributed by atoms with Crippen molar-refractivity contribution in [2.45, 2.75) is 44.8 Å². The average Bonchev–Trinajstić information content (AvgIpc) is 3.48. The molecule has 6 rings (SSSR count). The number of carbonyl (C=O) groups excluding carboxylic acids is 1. The molecule has 2 aromatic heterocycles. The number of hydrogen-bond acceptors (Lipinski definition) is 9. The van der Waals surface area contributed by atoms with Crippen LogP contribution in [-0.4, -0.2) is 101 Å². The first kappa shape index (κ1) is 31.6. The third-order valence-corrected chi connectivity index (χ3v) is 8.69. The standard InChI is InChI=1S/C33H40F2N8O3/c1-22(32(44)42(24-12-14-40(2)15-13-24)21-23-8-10-25(45-3)11-9-23)36-33-38-28(41-16-18-46-19-17-41)20-29(39-33)43-27-7-5-4-6-26(27)37-31(43)30(34)35/h4-11,20,22,24,30H,12-19,21H2,1-3H3,(H,36,38,39)/t22-/m0/s1. The second-order valence-electron chi connectivity index (χ2n) is 11.8. The molecule has 0 saturated carbocycles. The van der Waals surface area contributed by atoms with Crippen LogP contribution in [0.25, 0.3) is 16.9 Å². The van der Waals surface area contributed by atoms with Crippen LogP contribution in [-0.2, 0) is 16.1 Å². The van der Waals surface area contributed by atoms with Crippen LogP contribution in [0.3, 0.4) is 0 Å². The number of alkyl halides is 2. The van der Waals surface area contributed by atoms with Gasteiger partial charge in [0.05, 0.1) is 31.4 Å². The van der Waals surface area contributed by atoms with Gasteiger partial charge in [0.15, 0.2) is 5.82 Å². The number of morpholine rings is 1. The second kappa shape index (κ2) is 14.0. The Hall–Kier alpha value is -4.36. The zero-order valence-corrected chi connectivity index (χ0v) is 26.4. The summed E-state index contributed by atoms with van der Waals surface area (Å²) in [6.07, 6.45) is -1.10. The number of likely N-dealkylation sites (tertiary alicyclic amines) is 1. The number of nitrogens with zero attached hydrogens (tertiary/aromatic N) is 7. The number of halogens is 2. The number of methoxy groups -OCH3 is 1. The van der Waals surface area contributed by atoms with Gasteiger partial charge in [-0.15, -0.1) is 0 Å². The molecule has 0 aliphatic carbocycles. The van der Waals surface area contributed by atoms with Crippen LogP contribution in [0.4, 0.5) is 20.5 Å². The molecule has 0 radical (unpaired) electrons. The van der Waals surface area contributed by atoms with E-state index in [1.807, 2.05) is 34.1 Å². The predicted molar refractivity (Wildman–Crippen MR) is 172 cm³/mol. The molecule has 4 heterocycles. The van der Waals surface area contributed by atoms with Crippen LogP contribution in [0.5, 0.6) is 5.75 Å². The Bertz CT molecular complexity index is 1640. The Balaban J connectivity index is 1.33. The molecule has 1 amide bonds. The number of amides is 1. The van der Waals surface area contributed by atoms with Crippen LogP contribution in [0.2, 0.25) is 0 Å². The lowest BCUT2D eigenvalue weighted by molar-refractivity contribution is -0.135. The molecule has 2 aliphatic heterocycles. The number of nitrogens with one attached hydrogen (secondary N) is 1. The van der Waals surface area contributed by atoms with Crippen molar-refractivity contribution in [3.8, 4) is 11.6 Å². The SMILES string of the molecule is COc1ccc(CN(C(=O)[C@H](C)Nc2nc(N3CCOCC3)cc(-n3c(C(F)F)nc4ccccc43)n2)C2CCN(C)CC2)cc1. The molecular formula is C33H40F2N8O3. The predicted octanol–water partition coefficient (Wildman–Crippen LogP) is 4.52. The van der Waals surface area contributed by atoms with Gasteiger partial charge in [-0.2, -0.15) is 9.97 Å². The van der Waals surface area contributed by atoms with Crippen molar-refractivity contribution >= 4 is 28.7 Å². The lowest BCUT2D eigenvalue weighted by Gasteiger charge is -2.38. The number of rotatable bonds is 10. The van der Waals surface area contributed by atoms with E-state index in [0.717, 1.165) is 37.2 Å². The van der Waals surface area contributed by atoms with Gasteiger partial charge in [-0.1, -0.05) is 24.3 Å². The molecule has 2 aromatic carbocycles. The van der Waals surface area contributed by atoms with Crippen molar-refractivity contribution in [2.75, 3.05) is 63.8 Å². The van der Waals surface area contributed by atoms with Crippen LogP contribution < -0.4 is 15.0 Å². The van der Waals surface area contributed by atoms with E-state index in [1.165, 1.54) is 4.57 Å². The number of imidazole rings is 1. The lowest BCUT2D eigenvalue weighted by atomic mass is 10.0. The number of aromatic nitrogens is 4. The number of piperidine rings is 1. The summed E-state index contributed by atoms with van der Waals surface area (Å²) in [6.45, 7) is 6.25. The van der Waals surface area contributed by atoms with Crippen LogP contribution in [0.1, 0.15) is 37.6 Å². The van der Waals surface area contributed by atoms with Gasteiger partial charge in [-0.3, -0.25) is 9.36 Å². The molecule has 2 aliphatic rings. The normalized spacial score (nSPS) is 17.0. The molecule has 46 heavy (non-hydrogen) atoms. The van der Waals surface area contributed by atoms with E-state index in [0.29, 0.717) is 49.7 Å². The number of hydrogen-bond donors (Lipinski definition) is 1. The minimum atomic E-state index is -2.83. The summed E-state index contributed by atoms with van der Waals surface area (Å²) < 4.78 is 40.8.